The number of aryl methyl sites for hydroxylation is 1. The quantitative estimate of drug-likeness (QED) is 0.167. The average Bonchev–Trinajstić information content (AvgIpc) is 4.19. The molecule has 7 heteroatoms. The molecule has 71 heavy (non-hydrogen) atoms. The van der Waals surface area contributed by atoms with Crippen molar-refractivity contribution in [3.05, 3.63) is 230 Å². The maximum absolute atomic E-state index is 7.16. The molecule has 10 aromatic carbocycles. The van der Waals surface area contributed by atoms with Crippen molar-refractivity contribution in [3.8, 4) is 51.2 Å². The average molecular weight is 909 g/mol. The van der Waals surface area contributed by atoms with Crippen molar-refractivity contribution in [1.82, 2.24) is 28.7 Å². The van der Waals surface area contributed by atoms with Gasteiger partial charge in [-0.2, -0.15) is 0 Å². The molecule has 7 nitrogen and oxygen atoms in total. The van der Waals surface area contributed by atoms with Gasteiger partial charge in [-0.15, -0.1) is 0 Å². The normalized spacial score (nSPS) is 12.0. The molecule has 5 aromatic heterocycles. The fourth-order valence-corrected chi connectivity index (χ4v) is 11.5. The first-order valence-electron chi connectivity index (χ1n) is 24.0. The number of aromatic nitrogens is 6. The number of rotatable bonds is 6. The van der Waals surface area contributed by atoms with Crippen LogP contribution in [-0.4, -0.2) is 28.7 Å². The van der Waals surface area contributed by atoms with Gasteiger partial charge in [0.1, 0.15) is 11.2 Å². The Labute approximate surface area is 406 Å². The summed E-state index contributed by atoms with van der Waals surface area (Å²) in [6.07, 6.45) is 0. The second-order valence-corrected chi connectivity index (χ2v) is 18.3. The van der Waals surface area contributed by atoms with E-state index < -0.39 is 0 Å². The summed E-state index contributed by atoms with van der Waals surface area (Å²) in [7, 11) is 0. The highest BCUT2D eigenvalue weighted by Crippen LogP contribution is 2.52. The van der Waals surface area contributed by atoms with Gasteiger partial charge in [-0.1, -0.05) is 170 Å². The SMILES string of the molecule is Cc1cc(-n2c3ccccc3c3c4c(c5ccccc5n4-c4ccccc4)c4c(c5ccccc5n4-c4ccccc4)c32)c2c(oc3ccccc32)c1-c1nc(-c2ccccc2)nc(-c2ccccc2)n1. The smallest absolute Gasteiger partial charge is 0.168 e. The van der Waals surface area contributed by atoms with Crippen molar-refractivity contribution in [3.63, 3.8) is 0 Å². The van der Waals surface area contributed by atoms with Crippen LogP contribution in [-0.2, 0) is 0 Å². The van der Waals surface area contributed by atoms with Gasteiger partial charge in [-0.3, -0.25) is 0 Å². The standard InChI is InChI=1S/C64H40N6O/c1-39-38-51(54-47-33-17-21-37-52(47)71-61(54)53(39)64-66-62(40-22-6-2-7-23-40)65-63(67-64)41-24-8-3-9-25-41)70-50-36-20-16-32-46(50)57-59-55(44-30-14-18-34-48(44)68(59)42-26-10-4-11-27-42)58-56(60(57)70)45-31-15-19-35-49(45)69(58)43-28-12-5-13-29-43/h2-38H,1H3. The van der Waals surface area contributed by atoms with E-state index in [1.165, 1.54) is 26.9 Å². The van der Waals surface area contributed by atoms with Crippen molar-refractivity contribution in [2.45, 2.75) is 6.92 Å². The lowest BCUT2D eigenvalue weighted by Crippen LogP contribution is -2.03. The van der Waals surface area contributed by atoms with Gasteiger partial charge >= 0.3 is 0 Å². The number of para-hydroxylation sites is 6. The number of nitrogens with zero attached hydrogens (tertiary/aromatic N) is 6. The summed E-state index contributed by atoms with van der Waals surface area (Å²) in [5, 5.41) is 9.08. The van der Waals surface area contributed by atoms with Gasteiger partial charge in [-0.25, -0.2) is 15.0 Å². The van der Waals surface area contributed by atoms with E-state index in [9.17, 15) is 0 Å². The molecule has 0 aliphatic carbocycles. The lowest BCUT2D eigenvalue weighted by atomic mass is 10.00. The van der Waals surface area contributed by atoms with E-state index in [2.05, 4.69) is 178 Å². The molecule has 0 radical (unpaired) electrons. The van der Waals surface area contributed by atoms with Gasteiger partial charge in [0.2, 0.25) is 0 Å². The summed E-state index contributed by atoms with van der Waals surface area (Å²) in [5.74, 6) is 1.75. The molecular weight excluding hydrogens is 869 g/mol. The summed E-state index contributed by atoms with van der Waals surface area (Å²) in [4.78, 5) is 15.6. The largest absolute Gasteiger partial charge is 0.455 e. The van der Waals surface area contributed by atoms with Gasteiger partial charge in [0, 0.05) is 60.2 Å². The summed E-state index contributed by atoms with van der Waals surface area (Å²) in [6.45, 7) is 2.16. The molecule has 332 valence electrons. The van der Waals surface area contributed by atoms with E-state index in [-0.39, 0.29) is 0 Å². The van der Waals surface area contributed by atoms with Gasteiger partial charge in [0.15, 0.2) is 17.5 Å². The van der Waals surface area contributed by atoms with E-state index in [1.54, 1.807) is 0 Å². The minimum absolute atomic E-state index is 0.551. The van der Waals surface area contributed by atoms with E-state index in [1.807, 2.05) is 66.7 Å². The number of hydrogen-bond donors (Lipinski definition) is 0. The lowest BCUT2D eigenvalue weighted by Gasteiger charge is -2.16. The molecule has 5 heterocycles. The maximum Gasteiger partial charge on any atom is 0.168 e. The fraction of sp³-hybridized carbons (Fsp3) is 0.0156. The van der Waals surface area contributed by atoms with Gasteiger partial charge in [-0.05, 0) is 67.1 Å². The summed E-state index contributed by atoms with van der Waals surface area (Å²) < 4.78 is 14.7. The molecule has 0 amide bonds. The van der Waals surface area contributed by atoms with Crippen LogP contribution >= 0.6 is 0 Å². The second kappa shape index (κ2) is 15.2. The lowest BCUT2D eigenvalue weighted by molar-refractivity contribution is 0.669. The first-order valence-corrected chi connectivity index (χ1v) is 24.0. The Hall–Kier alpha value is -9.59. The molecule has 0 saturated heterocycles. The van der Waals surface area contributed by atoms with E-state index in [0.29, 0.717) is 17.5 Å². The van der Waals surface area contributed by atoms with E-state index >= 15 is 0 Å². The Kier molecular flexibility index (Phi) is 8.44. The van der Waals surface area contributed by atoms with Gasteiger partial charge in [0.05, 0.1) is 49.7 Å². The number of furan rings is 1. The molecule has 0 aliphatic heterocycles. The molecule has 0 spiro atoms. The molecular formula is C64H40N6O. The van der Waals surface area contributed by atoms with Crippen LogP contribution in [0.5, 0.6) is 0 Å². The van der Waals surface area contributed by atoms with Crippen LogP contribution in [0.25, 0.3) is 139 Å². The van der Waals surface area contributed by atoms with Crippen LogP contribution in [0.15, 0.2) is 229 Å². The van der Waals surface area contributed by atoms with Crippen LogP contribution in [0.4, 0.5) is 0 Å². The van der Waals surface area contributed by atoms with Crippen LogP contribution < -0.4 is 0 Å². The maximum atomic E-state index is 7.16. The molecule has 0 N–H and O–H groups in total. The zero-order valence-corrected chi connectivity index (χ0v) is 38.5. The molecule has 0 saturated carbocycles. The predicted octanol–water partition coefficient (Wildman–Crippen LogP) is 16.4. The van der Waals surface area contributed by atoms with Crippen molar-refractivity contribution in [2.75, 3.05) is 0 Å². The Bertz CT molecular complexity index is 4500. The molecule has 15 aromatic rings. The molecule has 0 aliphatic rings. The molecule has 0 atom stereocenters. The van der Waals surface area contributed by atoms with E-state index in [4.69, 9.17) is 19.4 Å². The highest BCUT2D eigenvalue weighted by atomic mass is 16.3. The third-order valence-corrected chi connectivity index (χ3v) is 14.4. The summed E-state index contributed by atoms with van der Waals surface area (Å²) in [6, 6.07) is 79.4. The van der Waals surface area contributed by atoms with E-state index in [0.717, 1.165) is 99.7 Å². The first-order chi connectivity index (χ1) is 35.2. The number of fused-ring (bicyclic) bond motifs is 15. The summed E-state index contributed by atoms with van der Waals surface area (Å²) in [5.41, 5.74) is 15.2. The van der Waals surface area contributed by atoms with Crippen molar-refractivity contribution in [2.24, 2.45) is 0 Å². The molecule has 15 rings (SSSR count). The van der Waals surface area contributed by atoms with Crippen molar-refractivity contribution >= 4 is 87.4 Å². The Morgan fingerprint density at radius 1 is 0.352 bits per heavy atom. The molecule has 0 fully saturated rings. The number of benzene rings is 10. The molecule has 0 bridgehead atoms. The highest BCUT2D eigenvalue weighted by Gasteiger charge is 2.31. The zero-order valence-electron chi connectivity index (χ0n) is 38.5. The van der Waals surface area contributed by atoms with Crippen LogP contribution in [0.3, 0.4) is 0 Å². The van der Waals surface area contributed by atoms with Gasteiger partial charge in [0.25, 0.3) is 0 Å². The predicted molar refractivity (Wildman–Crippen MR) is 291 cm³/mol. The summed E-state index contributed by atoms with van der Waals surface area (Å²) >= 11 is 0. The van der Waals surface area contributed by atoms with Crippen LogP contribution in [0, 0.1) is 6.92 Å². The monoisotopic (exact) mass is 908 g/mol. The zero-order chi connectivity index (χ0) is 46.7. The third-order valence-electron chi connectivity index (χ3n) is 14.4. The Balaban J connectivity index is 1.16. The Morgan fingerprint density at radius 2 is 0.732 bits per heavy atom. The minimum Gasteiger partial charge on any atom is -0.455 e. The van der Waals surface area contributed by atoms with Gasteiger partial charge < -0.3 is 18.1 Å². The number of hydrogen-bond acceptors (Lipinski definition) is 4. The second-order valence-electron chi connectivity index (χ2n) is 18.3. The first kappa shape index (κ1) is 39.4. The fourth-order valence-electron chi connectivity index (χ4n) is 11.5. The van der Waals surface area contributed by atoms with Crippen LogP contribution in [0.1, 0.15) is 5.56 Å². The van der Waals surface area contributed by atoms with Crippen LogP contribution in [0.2, 0.25) is 0 Å². The third kappa shape index (κ3) is 5.68. The molecule has 0 unspecified atom stereocenters. The highest BCUT2D eigenvalue weighted by molar-refractivity contribution is 6.40. The van der Waals surface area contributed by atoms with Crippen molar-refractivity contribution in [1.29, 1.82) is 0 Å². The van der Waals surface area contributed by atoms with Crippen molar-refractivity contribution < 1.29 is 4.42 Å². The Morgan fingerprint density at radius 3 is 1.23 bits per heavy atom. The minimum atomic E-state index is 0.551. The topological polar surface area (TPSA) is 66.6 Å².